The molecular formula is C23H29FN2. The predicted molar refractivity (Wildman–Crippen MR) is 110 cm³/mol. The number of aliphatic imine (C=N–C) groups is 1. The largest absolute Gasteiger partial charge is 0.364 e. The van der Waals surface area contributed by atoms with Crippen molar-refractivity contribution in [1.29, 1.82) is 0 Å². The highest BCUT2D eigenvalue weighted by Crippen LogP contribution is 2.45. The molecule has 26 heavy (non-hydrogen) atoms. The van der Waals surface area contributed by atoms with Gasteiger partial charge in [-0.3, -0.25) is 4.99 Å². The maximum atomic E-state index is 13.1. The molecule has 0 N–H and O–H groups in total. The molecule has 3 heteroatoms. The van der Waals surface area contributed by atoms with Gasteiger partial charge < -0.3 is 4.90 Å². The highest BCUT2D eigenvalue weighted by Gasteiger charge is 2.37. The maximum Gasteiger partial charge on any atom is 0.123 e. The molecule has 0 saturated carbocycles. The fraction of sp³-hybridized carbons (Fsp3) is 0.435. The molecule has 0 fully saturated rings. The molecule has 0 amide bonds. The van der Waals surface area contributed by atoms with E-state index in [2.05, 4.69) is 63.6 Å². The van der Waals surface area contributed by atoms with E-state index in [1.54, 1.807) is 12.1 Å². The van der Waals surface area contributed by atoms with Gasteiger partial charge in [-0.05, 0) is 100 Å². The van der Waals surface area contributed by atoms with E-state index in [1.165, 1.54) is 28.9 Å². The van der Waals surface area contributed by atoms with Crippen LogP contribution in [0.1, 0.15) is 63.6 Å². The summed E-state index contributed by atoms with van der Waals surface area (Å²) in [6.45, 7) is 13.7. The second-order valence-electron chi connectivity index (χ2n) is 8.38. The first-order valence-electron chi connectivity index (χ1n) is 9.42. The molecule has 0 unspecified atom stereocenters. The Bertz CT molecular complexity index is 819. The summed E-state index contributed by atoms with van der Waals surface area (Å²) in [6.07, 6.45) is 3.03. The van der Waals surface area contributed by atoms with Gasteiger partial charge in [0.2, 0.25) is 0 Å². The van der Waals surface area contributed by atoms with Crippen molar-refractivity contribution in [3.8, 4) is 0 Å². The predicted octanol–water partition coefficient (Wildman–Crippen LogP) is 6.39. The highest BCUT2D eigenvalue weighted by molar-refractivity contribution is 5.86. The smallest absolute Gasteiger partial charge is 0.123 e. The minimum Gasteiger partial charge on any atom is -0.364 e. The zero-order valence-corrected chi connectivity index (χ0v) is 16.7. The molecule has 1 heterocycles. The van der Waals surface area contributed by atoms with Crippen LogP contribution in [0.2, 0.25) is 0 Å². The van der Waals surface area contributed by atoms with E-state index < -0.39 is 0 Å². The number of benzene rings is 2. The van der Waals surface area contributed by atoms with E-state index in [0.717, 1.165) is 17.7 Å². The molecule has 138 valence electrons. The van der Waals surface area contributed by atoms with E-state index in [9.17, 15) is 4.39 Å². The molecule has 0 aliphatic carbocycles. The normalized spacial score (nSPS) is 19.2. The van der Waals surface area contributed by atoms with E-state index in [0.29, 0.717) is 12.0 Å². The van der Waals surface area contributed by atoms with Crippen molar-refractivity contribution < 1.29 is 4.39 Å². The molecule has 2 nitrogen and oxygen atoms in total. The van der Waals surface area contributed by atoms with Gasteiger partial charge in [0.05, 0.1) is 5.69 Å². The van der Waals surface area contributed by atoms with Crippen LogP contribution in [-0.4, -0.2) is 17.8 Å². The number of aryl methyl sites for hydroxylation is 1. The summed E-state index contributed by atoms with van der Waals surface area (Å²) in [5.41, 5.74) is 6.00. The Balaban J connectivity index is 2.01. The van der Waals surface area contributed by atoms with E-state index in [4.69, 9.17) is 0 Å². The molecule has 2 aromatic rings. The molecule has 1 aliphatic rings. The first-order chi connectivity index (χ1) is 12.2. The van der Waals surface area contributed by atoms with Gasteiger partial charge in [0.25, 0.3) is 0 Å². The second kappa shape index (κ2) is 6.86. The number of rotatable bonds is 3. The van der Waals surface area contributed by atoms with Crippen LogP contribution in [0.3, 0.4) is 0 Å². The minimum absolute atomic E-state index is 0.150. The van der Waals surface area contributed by atoms with Crippen molar-refractivity contribution in [3.63, 3.8) is 0 Å². The fourth-order valence-electron chi connectivity index (χ4n) is 4.40. The number of halogens is 1. The van der Waals surface area contributed by atoms with Crippen LogP contribution >= 0.6 is 0 Å². The first-order valence-corrected chi connectivity index (χ1v) is 9.42. The molecule has 1 atom stereocenters. The Hall–Kier alpha value is -2.16. The third-order valence-electron chi connectivity index (χ3n) is 5.36. The summed E-state index contributed by atoms with van der Waals surface area (Å²) in [5.74, 6) is 0.271. The Morgan fingerprint density at radius 2 is 1.85 bits per heavy atom. The lowest BCUT2D eigenvalue weighted by Crippen LogP contribution is -2.51. The lowest BCUT2D eigenvalue weighted by Gasteiger charge is -2.50. The fourth-order valence-corrected chi connectivity index (χ4v) is 4.40. The zero-order chi connectivity index (χ0) is 19.1. The molecule has 2 aromatic carbocycles. The van der Waals surface area contributed by atoms with E-state index >= 15 is 0 Å². The SMILES string of the molecule is Cc1cc2c(cc1C=Nc1ccc(F)cc1)[C@@H](C)CC(C)(C)N2C(C)C. The van der Waals surface area contributed by atoms with Crippen LogP contribution in [0.5, 0.6) is 0 Å². The third-order valence-corrected chi connectivity index (χ3v) is 5.36. The minimum atomic E-state index is -0.237. The standard InChI is InChI=1S/C23H29FN2/c1-15(2)26-22-11-16(3)18(12-21(22)17(4)13-23(26,5)6)14-25-20-9-7-19(24)8-10-20/h7-12,14-15,17H,13H2,1-6H3/t17-/m0/s1. The number of nitrogens with zero attached hydrogens (tertiary/aromatic N) is 2. The van der Waals surface area contributed by atoms with Gasteiger partial charge in [0, 0.05) is 23.5 Å². The highest BCUT2D eigenvalue weighted by atomic mass is 19.1. The van der Waals surface area contributed by atoms with Gasteiger partial charge in [-0.15, -0.1) is 0 Å². The molecule has 0 spiro atoms. The topological polar surface area (TPSA) is 15.6 Å². The Kier molecular flexibility index (Phi) is 4.92. The molecule has 0 bridgehead atoms. The van der Waals surface area contributed by atoms with Crippen LogP contribution in [0.4, 0.5) is 15.8 Å². The van der Waals surface area contributed by atoms with E-state index in [1.807, 2.05) is 6.21 Å². The van der Waals surface area contributed by atoms with Crippen LogP contribution in [-0.2, 0) is 0 Å². The number of fused-ring (bicyclic) bond motifs is 1. The lowest BCUT2D eigenvalue weighted by molar-refractivity contribution is 0.356. The first kappa shape index (κ1) is 18.6. The summed E-state index contributed by atoms with van der Waals surface area (Å²) in [7, 11) is 0. The molecule has 0 radical (unpaired) electrons. The van der Waals surface area contributed by atoms with Crippen LogP contribution in [0, 0.1) is 12.7 Å². The molecule has 0 aromatic heterocycles. The van der Waals surface area contributed by atoms with E-state index in [-0.39, 0.29) is 11.4 Å². The van der Waals surface area contributed by atoms with Crippen molar-refractivity contribution >= 4 is 17.6 Å². The van der Waals surface area contributed by atoms with Crippen LogP contribution in [0.15, 0.2) is 41.4 Å². The van der Waals surface area contributed by atoms with Gasteiger partial charge in [0.1, 0.15) is 5.82 Å². The lowest BCUT2D eigenvalue weighted by atomic mass is 9.78. The number of hydrogen-bond donors (Lipinski definition) is 0. The van der Waals surface area contributed by atoms with Gasteiger partial charge in [-0.2, -0.15) is 0 Å². The van der Waals surface area contributed by atoms with Crippen LogP contribution < -0.4 is 4.90 Å². The van der Waals surface area contributed by atoms with Crippen molar-refractivity contribution in [2.45, 2.75) is 65.5 Å². The quantitative estimate of drug-likeness (QED) is 0.585. The average Bonchev–Trinajstić information content (AvgIpc) is 2.53. The summed E-state index contributed by atoms with van der Waals surface area (Å²) >= 11 is 0. The molecule has 3 rings (SSSR count). The summed E-state index contributed by atoms with van der Waals surface area (Å²) in [4.78, 5) is 7.08. The average molecular weight is 352 g/mol. The molecule has 1 aliphatic heterocycles. The molecule has 0 saturated heterocycles. The zero-order valence-electron chi connectivity index (χ0n) is 16.7. The van der Waals surface area contributed by atoms with Crippen molar-refractivity contribution in [2.75, 3.05) is 4.90 Å². The van der Waals surface area contributed by atoms with Crippen molar-refractivity contribution in [1.82, 2.24) is 0 Å². The third kappa shape index (κ3) is 3.53. The second-order valence-corrected chi connectivity index (χ2v) is 8.38. The maximum absolute atomic E-state index is 13.1. The Morgan fingerprint density at radius 1 is 1.19 bits per heavy atom. The monoisotopic (exact) mass is 352 g/mol. The Morgan fingerprint density at radius 3 is 2.46 bits per heavy atom. The van der Waals surface area contributed by atoms with Gasteiger partial charge in [0.15, 0.2) is 0 Å². The Labute approximate surface area is 156 Å². The number of hydrogen-bond acceptors (Lipinski definition) is 2. The summed E-state index contributed by atoms with van der Waals surface area (Å²) in [6, 6.07) is 11.3. The van der Waals surface area contributed by atoms with Crippen LogP contribution in [0.25, 0.3) is 0 Å². The summed E-state index contributed by atoms with van der Waals surface area (Å²) < 4.78 is 13.1. The van der Waals surface area contributed by atoms with Crippen molar-refractivity contribution in [3.05, 3.63) is 58.9 Å². The number of anilines is 1. The summed E-state index contributed by atoms with van der Waals surface area (Å²) in [5, 5.41) is 0. The van der Waals surface area contributed by atoms with Gasteiger partial charge in [-0.25, -0.2) is 4.39 Å². The van der Waals surface area contributed by atoms with Crippen molar-refractivity contribution in [2.24, 2.45) is 4.99 Å². The molecular weight excluding hydrogens is 323 g/mol. The van der Waals surface area contributed by atoms with Gasteiger partial charge in [-0.1, -0.05) is 6.92 Å². The van der Waals surface area contributed by atoms with Gasteiger partial charge >= 0.3 is 0 Å².